The summed E-state index contributed by atoms with van der Waals surface area (Å²) >= 11 is 1.35. The molecule has 3 atom stereocenters. The van der Waals surface area contributed by atoms with E-state index >= 15 is 0 Å². The van der Waals surface area contributed by atoms with Crippen molar-refractivity contribution < 1.29 is 32.6 Å². The van der Waals surface area contributed by atoms with E-state index in [4.69, 9.17) is 4.74 Å². The molecule has 0 radical (unpaired) electrons. The number of rotatable bonds is 14. The smallest absolute Gasteiger partial charge is 0.408 e. The molecule has 0 saturated carbocycles. The van der Waals surface area contributed by atoms with Crippen LogP contribution in [-0.2, 0) is 30.7 Å². The number of ether oxygens (including phenoxy) is 2. The van der Waals surface area contributed by atoms with Gasteiger partial charge in [0.1, 0.15) is 0 Å². The summed E-state index contributed by atoms with van der Waals surface area (Å²) in [6.07, 6.45) is -1.66. The van der Waals surface area contributed by atoms with Crippen LogP contribution in [0.3, 0.4) is 0 Å². The average molecular weight is 592 g/mol. The summed E-state index contributed by atoms with van der Waals surface area (Å²) in [7, 11) is -2.82. The molecule has 3 rings (SSSR count). The monoisotopic (exact) mass is 591 g/mol. The topological polar surface area (TPSA) is 135 Å². The van der Waals surface area contributed by atoms with E-state index in [1.807, 2.05) is 44.2 Å². The minimum absolute atomic E-state index is 0.0699. The molecule has 0 fully saturated rings. The van der Waals surface area contributed by atoms with Crippen LogP contribution < -0.4 is 5.32 Å². The maximum atomic E-state index is 13.9. The summed E-state index contributed by atoms with van der Waals surface area (Å²) in [6.45, 7) is 5.31. The van der Waals surface area contributed by atoms with Gasteiger partial charge in [-0.05, 0) is 43.0 Å². The van der Waals surface area contributed by atoms with E-state index in [1.54, 1.807) is 17.6 Å². The maximum absolute atomic E-state index is 13.9. The SMILES string of the molecule is CCC(CC)CN(CC(O)C(Cc1ccccc1)NC(=O)O[C@@H](C)C(=O)OC)S(=O)(=O)c1ccc2ncsc2c1. The highest BCUT2D eigenvalue weighted by molar-refractivity contribution is 7.89. The number of carbonyl (C=O) groups excluding carboxylic acids is 2. The summed E-state index contributed by atoms with van der Waals surface area (Å²) in [4.78, 5) is 28.7. The largest absolute Gasteiger partial charge is 0.466 e. The standard InChI is InChI=1S/C28H37N3O7S2/c1-5-20(6-2)16-31(40(35,36)22-12-13-23-26(15-22)39-18-29-23)17-25(32)24(14-21-10-8-7-9-11-21)30-28(34)38-19(3)27(33)37-4/h7-13,15,18-20,24-25,32H,5-6,14,16-17H2,1-4H3,(H,30,34)/t19-,24?,25?/m0/s1. The summed E-state index contributed by atoms with van der Waals surface area (Å²) in [5, 5.41) is 14.0. The molecule has 0 spiro atoms. The molecule has 1 heterocycles. The molecule has 0 aliphatic carbocycles. The van der Waals surface area contributed by atoms with Crippen molar-refractivity contribution >= 4 is 43.6 Å². The Morgan fingerprint density at radius 2 is 1.80 bits per heavy atom. The lowest BCUT2D eigenvalue weighted by molar-refractivity contribution is -0.149. The fraction of sp³-hybridized carbons (Fsp3) is 0.464. The number of aliphatic hydroxyl groups is 1. The average Bonchev–Trinajstić information content (AvgIpc) is 3.43. The van der Waals surface area contributed by atoms with Crippen LogP contribution in [0.4, 0.5) is 4.79 Å². The second kappa shape index (κ2) is 14.5. The summed E-state index contributed by atoms with van der Waals surface area (Å²) in [5.74, 6) is -0.656. The highest BCUT2D eigenvalue weighted by Crippen LogP contribution is 2.26. The van der Waals surface area contributed by atoms with Crippen LogP contribution in [0.1, 0.15) is 39.2 Å². The van der Waals surface area contributed by atoms with E-state index in [-0.39, 0.29) is 30.3 Å². The van der Waals surface area contributed by atoms with Crippen LogP contribution in [-0.4, -0.2) is 73.3 Å². The minimum atomic E-state index is -4.00. The van der Waals surface area contributed by atoms with Gasteiger partial charge in [0.05, 0.1) is 39.9 Å². The Morgan fingerprint density at radius 1 is 1.10 bits per heavy atom. The number of benzene rings is 2. The molecule has 1 amide bonds. The molecule has 1 aromatic heterocycles. The van der Waals surface area contributed by atoms with Crippen molar-refractivity contribution in [1.82, 2.24) is 14.6 Å². The zero-order valence-corrected chi connectivity index (χ0v) is 24.8. The first-order valence-electron chi connectivity index (χ1n) is 13.2. The molecule has 218 valence electrons. The lowest BCUT2D eigenvalue weighted by atomic mass is 10.0. The van der Waals surface area contributed by atoms with Gasteiger partial charge in [0.15, 0.2) is 6.10 Å². The van der Waals surface area contributed by atoms with Crippen LogP contribution in [0.5, 0.6) is 0 Å². The highest BCUT2D eigenvalue weighted by atomic mass is 32.2. The van der Waals surface area contributed by atoms with Gasteiger partial charge < -0.3 is 19.9 Å². The lowest BCUT2D eigenvalue weighted by Gasteiger charge is -2.31. The third kappa shape index (κ3) is 8.23. The quantitative estimate of drug-likeness (QED) is 0.269. The van der Waals surface area contributed by atoms with Crippen molar-refractivity contribution in [3.63, 3.8) is 0 Å². The second-order valence-electron chi connectivity index (χ2n) is 9.57. The first-order valence-corrected chi connectivity index (χ1v) is 15.5. The Balaban J connectivity index is 1.89. The number of alkyl carbamates (subject to hydrolysis) is 1. The van der Waals surface area contributed by atoms with E-state index in [0.29, 0.717) is 5.52 Å². The number of nitrogens with zero attached hydrogens (tertiary/aromatic N) is 2. The number of sulfonamides is 1. The Hall–Kier alpha value is -3.06. The predicted octanol–water partition coefficient (Wildman–Crippen LogP) is 3.98. The third-order valence-corrected chi connectivity index (χ3v) is 9.45. The zero-order valence-electron chi connectivity index (χ0n) is 23.1. The summed E-state index contributed by atoms with van der Waals surface area (Å²) in [6, 6.07) is 13.1. The molecule has 0 bridgehead atoms. The fourth-order valence-corrected chi connectivity index (χ4v) is 6.65. The summed E-state index contributed by atoms with van der Waals surface area (Å²) < 4.78 is 39.5. The molecule has 12 heteroatoms. The number of aliphatic hydroxyl groups excluding tert-OH is 1. The van der Waals surface area contributed by atoms with E-state index in [2.05, 4.69) is 15.0 Å². The molecule has 40 heavy (non-hydrogen) atoms. The Bertz CT molecular complexity index is 1360. The number of esters is 1. The van der Waals surface area contributed by atoms with E-state index in [9.17, 15) is 23.1 Å². The van der Waals surface area contributed by atoms with Crippen molar-refractivity contribution in [3.05, 3.63) is 59.6 Å². The van der Waals surface area contributed by atoms with Gasteiger partial charge in [-0.2, -0.15) is 4.31 Å². The Morgan fingerprint density at radius 3 is 2.45 bits per heavy atom. The molecular weight excluding hydrogens is 554 g/mol. The molecule has 0 aliphatic heterocycles. The van der Waals surface area contributed by atoms with Crippen LogP contribution in [0.2, 0.25) is 0 Å². The normalized spacial score (nSPS) is 14.2. The molecular formula is C28H37N3O7S2. The molecule has 0 aliphatic rings. The van der Waals surface area contributed by atoms with Crippen molar-refractivity contribution in [2.75, 3.05) is 20.2 Å². The molecule has 0 saturated heterocycles. The van der Waals surface area contributed by atoms with Gasteiger partial charge in [-0.25, -0.2) is 23.0 Å². The van der Waals surface area contributed by atoms with E-state index in [1.165, 1.54) is 35.7 Å². The van der Waals surface area contributed by atoms with E-state index in [0.717, 1.165) is 23.1 Å². The van der Waals surface area contributed by atoms with Gasteiger partial charge in [0, 0.05) is 13.1 Å². The number of fused-ring (bicyclic) bond motifs is 1. The summed E-state index contributed by atoms with van der Waals surface area (Å²) in [5.41, 5.74) is 3.19. The highest BCUT2D eigenvalue weighted by Gasteiger charge is 2.33. The number of thiazole rings is 1. The van der Waals surface area contributed by atoms with Crippen molar-refractivity contribution in [1.29, 1.82) is 0 Å². The molecule has 2 unspecified atom stereocenters. The number of nitrogens with one attached hydrogen (secondary N) is 1. The van der Waals surface area contributed by atoms with Crippen LogP contribution in [0, 0.1) is 5.92 Å². The maximum Gasteiger partial charge on any atom is 0.408 e. The molecule has 2 N–H and O–H groups in total. The molecule has 2 aromatic carbocycles. The third-order valence-electron chi connectivity index (χ3n) is 6.83. The van der Waals surface area contributed by atoms with Crippen molar-refractivity contribution in [3.8, 4) is 0 Å². The van der Waals surface area contributed by atoms with Gasteiger partial charge in [0.2, 0.25) is 10.0 Å². The number of hydrogen-bond acceptors (Lipinski definition) is 9. The van der Waals surface area contributed by atoms with E-state index < -0.39 is 40.3 Å². The minimum Gasteiger partial charge on any atom is -0.466 e. The van der Waals surface area contributed by atoms with Crippen LogP contribution >= 0.6 is 11.3 Å². The first-order chi connectivity index (χ1) is 19.1. The molecule has 3 aromatic rings. The fourth-order valence-electron chi connectivity index (χ4n) is 4.30. The Kier molecular flexibility index (Phi) is 11.4. The van der Waals surface area contributed by atoms with Crippen LogP contribution in [0.15, 0.2) is 58.9 Å². The second-order valence-corrected chi connectivity index (χ2v) is 12.4. The Labute approximate surface area is 239 Å². The number of aromatic nitrogens is 1. The first kappa shape index (κ1) is 31.5. The van der Waals surface area contributed by atoms with Gasteiger partial charge in [-0.1, -0.05) is 57.0 Å². The number of methoxy groups -OCH3 is 1. The number of carbonyl (C=O) groups is 2. The van der Waals surface area contributed by atoms with Gasteiger partial charge >= 0.3 is 12.1 Å². The van der Waals surface area contributed by atoms with Crippen LogP contribution in [0.25, 0.3) is 10.2 Å². The molecule has 10 nitrogen and oxygen atoms in total. The lowest BCUT2D eigenvalue weighted by Crippen LogP contribution is -2.51. The number of hydrogen-bond donors (Lipinski definition) is 2. The number of amides is 1. The van der Waals surface area contributed by atoms with Gasteiger partial charge in [0.25, 0.3) is 0 Å². The zero-order chi connectivity index (χ0) is 29.3. The van der Waals surface area contributed by atoms with Crippen molar-refractivity contribution in [2.24, 2.45) is 5.92 Å². The predicted molar refractivity (Wildman–Crippen MR) is 153 cm³/mol. The van der Waals surface area contributed by atoms with Crippen molar-refractivity contribution in [2.45, 2.75) is 63.2 Å². The van der Waals surface area contributed by atoms with Gasteiger partial charge in [-0.3, -0.25) is 0 Å². The van der Waals surface area contributed by atoms with Gasteiger partial charge in [-0.15, -0.1) is 11.3 Å².